The second-order valence-corrected chi connectivity index (χ2v) is 6.84. The zero-order valence-electron chi connectivity index (χ0n) is 14.6. The van der Waals surface area contributed by atoms with Crippen molar-refractivity contribution in [1.82, 2.24) is 10.5 Å². The average Bonchev–Trinajstić information content (AvgIpc) is 3.22. The number of hydrogen-bond acceptors (Lipinski definition) is 6. The summed E-state index contributed by atoms with van der Waals surface area (Å²) >= 11 is 5.95. The Bertz CT molecular complexity index is 747. The van der Waals surface area contributed by atoms with E-state index in [-0.39, 0.29) is 18.0 Å². The molecule has 1 aliphatic carbocycles. The maximum absolute atomic E-state index is 12.9. The maximum Gasteiger partial charge on any atom is 0.259 e. The molecule has 1 heterocycles. The van der Waals surface area contributed by atoms with Gasteiger partial charge in [-0.3, -0.25) is 4.79 Å². The van der Waals surface area contributed by atoms with Gasteiger partial charge in [-0.15, -0.1) is 0 Å². The topological polar surface area (TPSA) is 102 Å². The average molecular weight is 379 g/mol. The molecule has 1 aromatic carbocycles. The summed E-state index contributed by atoms with van der Waals surface area (Å²) in [5, 5.41) is 10.8. The predicted octanol–water partition coefficient (Wildman–Crippen LogP) is 2.66. The molecule has 0 spiro atoms. The predicted molar refractivity (Wildman–Crippen MR) is 100 cm³/mol. The van der Waals surface area contributed by atoms with Gasteiger partial charge < -0.3 is 25.6 Å². The first-order chi connectivity index (χ1) is 12.6. The van der Waals surface area contributed by atoms with Crippen LogP contribution >= 0.6 is 11.6 Å². The van der Waals surface area contributed by atoms with Crippen molar-refractivity contribution in [3.63, 3.8) is 0 Å². The van der Waals surface area contributed by atoms with E-state index < -0.39 is 0 Å². The second kappa shape index (κ2) is 8.53. The molecule has 0 aliphatic heterocycles. The zero-order chi connectivity index (χ0) is 18.5. The molecule has 1 aromatic heterocycles. The molecule has 1 saturated carbocycles. The summed E-state index contributed by atoms with van der Waals surface area (Å²) in [7, 11) is 1.61. The number of halogens is 1. The molecule has 1 amide bonds. The van der Waals surface area contributed by atoms with Crippen molar-refractivity contribution in [2.24, 2.45) is 5.73 Å². The molecule has 3 rings (SSSR count). The zero-order valence-corrected chi connectivity index (χ0v) is 15.4. The van der Waals surface area contributed by atoms with E-state index in [4.69, 9.17) is 26.6 Å². The second-order valence-electron chi connectivity index (χ2n) is 6.41. The van der Waals surface area contributed by atoms with Gasteiger partial charge >= 0.3 is 0 Å². The highest BCUT2D eigenvalue weighted by Gasteiger charge is 2.28. The van der Waals surface area contributed by atoms with Gasteiger partial charge in [0.15, 0.2) is 11.6 Å². The summed E-state index contributed by atoms with van der Waals surface area (Å²) < 4.78 is 10.5. The van der Waals surface area contributed by atoms with Crippen LogP contribution in [-0.2, 0) is 4.74 Å². The fraction of sp³-hybridized carbons (Fsp3) is 0.444. The van der Waals surface area contributed by atoms with E-state index in [1.54, 1.807) is 31.4 Å². The van der Waals surface area contributed by atoms with Crippen molar-refractivity contribution < 1.29 is 14.1 Å². The number of ether oxygens (including phenoxy) is 1. The summed E-state index contributed by atoms with van der Waals surface area (Å²) in [5.74, 6) is 0.573. The molecule has 4 N–H and O–H groups in total. The Morgan fingerprint density at radius 1 is 1.38 bits per heavy atom. The van der Waals surface area contributed by atoms with Gasteiger partial charge in [0.25, 0.3) is 5.91 Å². The normalized spacial score (nSPS) is 19.5. The number of rotatable bonds is 7. The number of carbonyl (C=O) groups excluding carboxylic acids is 1. The lowest BCUT2D eigenvalue weighted by atomic mass is 10.1. The minimum atomic E-state index is -0.227. The van der Waals surface area contributed by atoms with Crippen molar-refractivity contribution in [2.75, 3.05) is 25.6 Å². The highest BCUT2D eigenvalue weighted by molar-refractivity contribution is 6.30. The first kappa shape index (κ1) is 18.7. The van der Waals surface area contributed by atoms with Crippen molar-refractivity contribution >= 4 is 23.3 Å². The monoisotopic (exact) mass is 378 g/mol. The van der Waals surface area contributed by atoms with Crippen LogP contribution in [0, 0.1) is 0 Å². The summed E-state index contributed by atoms with van der Waals surface area (Å²) in [5.41, 5.74) is 7.05. The Morgan fingerprint density at radius 2 is 2.15 bits per heavy atom. The minimum Gasteiger partial charge on any atom is -0.383 e. The van der Waals surface area contributed by atoms with Crippen LogP contribution in [0.5, 0.6) is 0 Å². The number of anilines is 1. The Balaban J connectivity index is 1.86. The quantitative estimate of drug-likeness (QED) is 0.640. The fourth-order valence-electron chi connectivity index (χ4n) is 3.10. The molecule has 8 heteroatoms. The van der Waals surface area contributed by atoms with Crippen LogP contribution in [0.2, 0.25) is 5.02 Å². The van der Waals surface area contributed by atoms with Gasteiger partial charge in [0, 0.05) is 36.3 Å². The van der Waals surface area contributed by atoms with E-state index >= 15 is 0 Å². The van der Waals surface area contributed by atoms with Gasteiger partial charge in [-0.2, -0.15) is 0 Å². The SMILES string of the molecule is COCCNc1noc(-c2ccc(Cl)cc2)c1C(=O)N[C@@H]1CC[C@@H](N)C1. The Hall–Kier alpha value is -2.09. The number of methoxy groups -OCH3 is 1. The molecule has 2 aromatic rings. The van der Waals surface area contributed by atoms with E-state index in [2.05, 4.69) is 15.8 Å². The van der Waals surface area contributed by atoms with Crippen molar-refractivity contribution in [2.45, 2.75) is 31.3 Å². The molecule has 1 aliphatic rings. The summed E-state index contributed by atoms with van der Waals surface area (Å²) in [6.07, 6.45) is 2.57. The van der Waals surface area contributed by atoms with Crippen molar-refractivity contribution in [3.05, 3.63) is 34.9 Å². The largest absolute Gasteiger partial charge is 0.383 e. The molecule has 0 saturated heterocycles. The number of hydrogen-bond donors (Lipinski definition) is 3. The number of nitrogens with zero attached hydrogens (tertiary/aromatic N) is 1. The molecule has 1 fully saturated rings. The molecule has 140 valence electrons. The third-order valence-corrected chi connectivity index (χ3v) is 4.68. The fourth-order valence-corrected chi connectivity index (χ4v) is 3.22. The summed E-state index contributed by atoms with van der Waals surface area (Å²) in [6, 6.07) is 7.29. The van der Waals surface area contributed by atoms with E-state index in [1.807, 2.05) is 0 Å². The number of aromatic nitrogens is 1. The molecular formula is C18H23ClN4O3. The van der Waals surface area contributed by atoms with Crippen LogP contribution in [0.15, 0.2) is 28.8 Å². The first-order valence-corrected chi connectivity index (χ1v) is 9.01. The smallest absolute Gasteiger partial charge is 0.259 e. The summed E-state index contributed by atoms with van der Waals surface area (Å²) in [6.45, 7) is 0.999. The molecular weight excluding hydrogens is 356 g/mol. The van der Waals surface area contributed by atoms with Crippen LogP contribution in [0.4, 0.5) is 5.82 Å². The van der Waals surface area contributed by atoms with Gasteiger partial charge in [-0.05, 0) is 43.5 Å². The van der Waals surface area contributed by atoms with E-state index in [0.717, 1.165) is 24.8 Å². The number of amides is 1. The lowest BCUT2D eigenvalue weighted by Gasteiger charge is -2.13. The Morgan fingerprint density at radius 3 is 2.81 bits per heavy atom. The third-order valence-electron chi connectivity index (χ3n) is 4.43. The number of nitrogens with two attached hydrogens (primary N) is 1. The molecule has 0 bridgehead atoms. The van der Waals surface area contributed by atoms with Crippen LogP contribution < -0.4 is 16.4 Å². The van der Waals surface area contributed by atoms with E-state index in [1.165, 1.54) is 0 Å². The van der Waals surface area contributed by atoms with Crippen molar-refractivity contribution in [1.29, 1.82) is 0 Å². The molecule has 2 atom stereocenters. The molecule has 0 unspecified atom stereocenters. The van der Waals surface area contributed by atoms with Crippen molar-refractivity contribution in [3.8, 4) is 11.3 Å². The van der Waals surface area contributed by atoms with Gasteiger partial charge in [0.2, 0.25) is 0 Å². The molecule has 0 radical (unpaired) electrons. The highest BCUT2D eigenvalue weighted by Crippen LogP contribution is 2.30. The lowest BCUT2D eigenvalue weighted by molar-refractivity contribution is 0.0938. The van der Waals surface area contributed by atoms with Gasteiger partial charge in [-0.25, -0.2) is 0 Å². The molecule has 26 heavy (non-hydrogen) atoms. The maximum atomic E-state index is 12.9. The lowest BCUT2D eigenvalue weighted by Crippen LogP contribution is -2.34. The van der Waals surface area contributed by atoms with Gasteiger partial charge in [0.1, 0.15) is 5.56 Å². The number of carbonyl (C=O) groups is 1. The van der Waals surface area contributed by atoms with Gasteiger partial charge in [0.05, 0.1) is 6.61 Å². The van der Waals surface area contributed by atoms with Crippen LogP contribution in [0.3, 0.4) is 0 Å². The minimum absolute atomic E-state index is 0.0669. The highest BCUT2D eigenvalue weighted by atomic mass is 35.5. The number of nitrogens with one attached hydrogen (secondary N) is 2. The van der Waals surface area contributed by atoms with E-state index in [0.29, 0.717) is 35.3 Å². The first-order valence-electron chi connectivity index (χ1n) is 8.63. The third kappa shape index (κ3) is 4.35. The van der Waals surface area contributed by atoms with Crippen LogP contribution in [0.1, 0.15) is 29.6 Å². The summed E-state index contributed by atoms with van der Waals surface area (Å²) in [4.78, 5) is 12.9. The standard InChI is InChI=1S/C18H23ClN4O3/c1-25-9-8-21-17-15(18(24)22-14-7-6-13(20)10-14)16(26-23-17)11-2-4-12(19)5-3-11/h2-5,13-14H,6-10,20H2,1H3,(H,21,23)(H,22,24)/t13-,14-/m1/s1. The Kier molecular flexibility index (Phi) is 6.13. The van der Waals surface area contributed by atoms with Gasteiger partial charge in [-0.1, -0.05) is 16.8 Å². The van der Waals surface area contributed by atoms with Crippen LogP contribution in [0.25, 0.3) is 11.3 Å². The van der Waals surface area contributed by atoms with E-state index in [9.17, 15) is 4.79 Å². The number of benzene rings is 1. The molecule has 7 nitrogen and oxygen atoms in total. The van der Waals surface area contributed by atoms with Crippen LogP contribution in [-0.4, -0.2) is 43.4 Å². The Labute approximate surface area is 157 Å².